The van der Waals surface area contributed by atoms with Crippen LogP contribution in [0.5, 0.6) is 5.75 Å². The zero-order chi connectivity index (χ0) is 18.4. The molecule has 0 radical (unpaired) electrons. The first-order chi connectivity index (χ1) is 11.9. The fourth-order valence-electron chi connectivity index (χ4n) is 2.07. The van der Waals surface area contributed by atoms with Crippen LogP contribution in [0.1, 0.15) is 12.5 Å². The van der Waals surface area contributed by atoms with Crippen molar-refractivity contribution >= 4 is 40.8 Å². The minimum absolute atomic E-state index is 0.0601. The van der Waals surface area contributed by atoms with E-state index in [0.29, 0.717) is 21.5 Å². The molecule has 0 aromatic heterocycles. The normalized spacial score (nSPS) is 11.5. The van der Waals surface area contributed by atoms with Gasteiger partial charge < -0.3 is 14.8 Å². The fraction of sp³-hybridized carbons (Fsp3) is 0.222. The summed E-state index contributed by atoms with van der Waals surface area (Å²) in [6.07, 6.45) is -0.895. The van der Waals surface area contributed by atoms with Gasteiger partial charge in [-0.15, -0.1) is 0 Å². The third-order valence-corrected chi connectivity index (χ3v) is 3.75. The SMILES string of the molecule is COc1ccc(CC(=O)O[C@@H](C)C(=O)Nc2cc(Cl)cc(Cl)c2)cc1. The maximum Gasteiger partial charge on any atom is 0.311 e. The zero-order valence-electron chi connectivity index (χ0n) is 13.7. The highest BCUT2D eigenvalue weighted by Gasteiger charge is 2.18. The smallest absolute Gasteiger partial charge is 0.311 e. The fourth-order valence-corrected chi connectivity index (χ4v) is 2.60. The molecule has 0 saturated carbocycles. The van der Waals surface area contributed by atoms with Gasteiger partial charge in [-0.05, 0) is 42.8 Å². The quantitative estimate of drug-likeness (QED) is 0.764. The summed E-state index contributed by atoms with van der Waals surface area (Å²) in [7, 11) is 1.57. The van der Waals surface area contributed by atoms with Crippen LogP contribution < -0.4 is 10.1 Å². The standard InChI is InChI=1S/C18H17Cl2NO4/c1-11(18(23)21-15-9-13(19)8-14(20)10-15)25-17(22)7-12-3-5-16(24-2)6-4-12/h3-6,8-11H,7H2,1-2H3,(H,21,23)/t11-/m0/s1. The van der Waals surface area contributed by atoms with Crippen LogP contribution >= 0.6 is 23.2 Å². The van der Waals surface area contributed by atoms with Gasteiger partial charge in [0.1, 0.15) is 5.75 Å². The van der Waals surface area contributed by atoms with Crippen molar-refractivity contribution in [1.29, 1.82) is 0 Å². The molecule has 0 aliphatic carbocycles. The van der Waals surface area contributed by atoms with E-state index < -0.39 is 18.0 Å². The average molecular weight is 382 g/mol. The number of ether oxygens (including phenoxy) is 2. The molecule has 1 atom stereocenters. The highest BCUT2D eigenvalue weighted by Crippen LogP contribution is 2.22. The van der Waals surface area contributed by atoms with E-state index in [-0.39, 0.29) is 6.42 Å². The van der Waals surface area contributed by atoms with Gasteiger partial charge in [0.15, 0.2) is 6.10 Å². The number of benzene rings is 2. The topological polar surface area (TPSA) is 64.6 Å². The molecule has 1 N–H and O–H groups in total. The maximum absolute atomic E-state index is 12.1. The van der Waals surface area contributed by atoms with Crippen LogP contribution in [-0.2, 0) is 20.7 Å². The molecule has 0 fully saturated rings. The molecule has 25 heavy (non-hydrogen) atoms. The number of nitrogens with one attached hydrogen (secondary N) is 1. The number of carbonyl (C=O) groups excluding carboxylic acids is 2. The molecule has 132 valence electrons. The average Bonchev–Trinajstić information content (AvgIpc) is 2.54. The van der Waals surface area contributed by atoms with Crippen molar-refractivity contribution in [2.45, 2.75) is 19.4 Å². The number of amides is 1. The second-order valence-corrected chi connectivity index (χ2v) is 6.18. The van der Waals surface area contributed by atoms with Crippen molar-refractivity contribution in [1.82, 2.24) is 0 Å². The monoisotopic (exact) mass is 381 g/mol. The summed E-state index contributed by atoms with van der Waals surface area (Å²) in [5.74, 6) is -0.275. The molecule has 0 aliphatic rings. The number of hydrogen-bond donors (Lipinski definition) is 1. The number of halogens is 2. The van der Waals surface area contributed by atoms with Gasteiger partial charge in [-0.2, -0.15) is 0 Å². The number of anilines is 1. The second kappa shape index (κ2) is 8.74. The Hall–Kier alpha value is -2.24. The lowest BCUT2D eigenvalue weighted by Gasteiger charge is -2.14. The van der Waals surface area contributed by atoms with Gasteiger partial charge in [0.05, 0.1) is 13.5 Å². The van der Waals surface area contributed by atoms with E-state index in [4.69, 9.17) is 32.7 Å². The Balaban J connectivity index is 1.89. The first-order valence-corrected chi connectivity index (χ1v) is 8.22. The summed E-state index contributed by atoms with van der Waals surface area (Å²) in [4.78, 5) is 24.1. The molecule has 5 nitrogen and oxygen atoms in total. The van der Waals surface area contributed by atoms with E-state index in [9.17, 15) is 9.59 Å². The number of methoxy groups -OCH3 is 1. The molecule has 0 unspecified atom stereocenters. The summed E-state index contributed by atoms with van der Waals surface area (Å²) < 4.78 is 10.2. The van der Waals surface area contributed by atoms with Gasteiger partial charge in [0.2, 0.25) is 0 Å². The molecule has 0 aliphatic heterocycles. The van der Waals surface area contributed by atoms with Crippen LogP contribution in [0.4, 0.5) is 5.69 Å². The van der Waals surface area contributed by atoms with Crippen molar-refractivity contribution < 1.29 is 19.1 Å². The minimum atomic E-state index is -0.955. The summed E-state index contributed by atoms with van der Waals surface area (Å²) in [5.41, 5.74) is 1.19. The van der Waals surface area contributed by atoms with Crippen LogP contribution in [0.2, 0.25) is 10.0 Å². The Morgan fingerprint density at radius 1 is 1.08 bits per heavy atom. The van der Waals surface area contributed by atoms with Gasteiger partial charge in [-0.25, -0.2) is 0 Å². The Morgan fingerprint density at radius 3 is 2.24 bits per heavy atom. The summed E-state index contributed by atoms with van der Waals surface area (Å²) in [5, 5.41) is 3.40. The van der Waals surface area contributed by atoms with Crippen molar-refractivity contribution in [3.63, 3.8) is 0 Å². The van der Waals surface area contributed by atoms with Crippen LogP contribution in [0.15, 0.2) is 42.5 Å². The Bertz CT molecular complexity index is 742. The first-order valence-electron chi connectivity index (χ1n) is 7.46. The van der Waals surface area contributed by atoms with E-state index in [2.05, 4.69) is 5.32 Å². The predicted molar refractivity (Wildman–Crippen MR) is 97.3 cm³/mol. The highest BCUT2D eigenvalue weighted by atomic mass is 35.5. The summed E-state index contributed by atoms with van der Waals surface area (Å²) >= 11 is 11.8. The van der Waals surface area contributed by atoms with Crippen LogP contribution in [0.25, 0.3) is 0 Å². The van der Waals surface area contributed by atoms with Crippen LogP contribution in [-0.4, -0.2) is 25.1 Å². The van der Waals surface area contributed by atoms with Gasteiger partial charge in [0, 0.05) is 15.7 Å². The molecule has 2 aromatic carbocycles. The largest absolute Gasteiger partial charge is 0.497 e. The van der Waals surface area contributed by atoms with Gasteiger partial charge in [-0.3, -0.25) is 9.59 Å². The molecule has 1 amide bonds. The Kier molecular flexibility index (Phi) is 6.67. The maximum atomic E-state index is 12.1. The lowest BCUT2D eigenvalue weighted by Crippen LogP contribution is -2.30. The zero-order valence-corrected chi connectivity index (χ0v) is 15.2. The van der Waals surface area contributed by atoms with E-state index in [1.54, 1.807) is 49.6 Å². The predicted octanol–water partition coefficient (Wildman–Crippen LogP) is 4.11. The highest BCUT2D eigenvalue weighted by molar-refractivity contribution is 6.35. The summed E-state index contributed by atoms with van der Waals surface area (Å²) in [6.45, 7) is 1.49. The number of carbonyl (C=O) groups is 2. The Labute approximate surface area is 155 Å². The Morgan fingerprint density at radius 2 is 1.68 bits per heavy atom. The number of hydrogen-bond acceptors (Lipinski definition) is 4. The van der Waals surface area contributed by atoms with Gasteiger partial charge in [-0.1, -0.05) is 35.3 Å². The second-order valence-electron chi connectivity index (χ2n) is 5.30. The molecule has 2 aromatic rings. The van der Waals surface area contributed by atoms with Crippen molar-refractivity contribution in [3.8, 4) is 5.75 Å². The molecular weight excluding hydrogens is 365 g/mol. The van der Waals surface area contributed by atoms with Crippen molar-refractivity contribution in [2.75, 3.05) is 12.4 Å². The lowest BCUT2D eigenvalue weighted by atomic mass is 10.1. The van der Waals surface area contributed by atoms with E-state index in [1.807, 2.05) is 0 Å². The molecular formula is C18H17Cl2NO4. The van der Waals surface area contributed by atoms with Crippen molar-refractivity contribution in [2.24, 2.45) is 0 Å². The van der Waals surface area contributed by atoms with E-state index in [1.165, 1.54) is 6.92 Å². The molecule has 2 rings (SSSR count). The lowest BCUT2D eigenvalue weighted by molar-refractivity contribution is -0.152. The van der Waals surface area contributed by atoms with E-state index >= 15 is 0 Å². The minimum Gasteiger partial charge on any atom is -0.497 e. The summed E-state index contributed by atoms with van der Waals surface area (Å²) in [6, 6.07) is 11.7. The van der Waals surface area contributed by atoms with E-state index in [0.717, 1.165) is 5.56 Å². The number of rotatable bonds is 6. The molecule has 0 bridgehead atoms. The van der Waals surface area contributed by atoms with Crippen LogP contribution in [0, 0.1) is 0 Å². The third-order valence-electron chi connectivity index (χ3n) is 3.32. The molecule has 0 heterocycles. The van der Waals surface area contributed by atoms with Gasteiger partial charge in [0.25, 0.3) is 5.91 Å². The third kappa shape index (κ3) is 5.96. The molecule has 0 spiro atoms. The van der Waals surface area contributed by atoms with Crippen molar-refractivity contribution in [3.05, 3.63) is 58.1 Å². The number of esters is 1. The molecule has 7 heteroatoms. The van der Waals surface area contributed by atoms with Crippen LogP contribution in [0.3, 0.4) is 0 Å². The molecule has 0 saturated heterocycles. The van der Waals surface area contributed by atoms with Gasteiger partial charge >= 0.3 is 5.97 Å². The first kappa shape index (κ1) is 19.1.